The third-order valence-electron chi connectivity index (χ3n) is 3.41. The maximum absolute atomic E-state index is 6.05. The number of nitrogens with zero attached hydrogens (tertiary/aromatic N) is 1. The van der Waals surface area contributed by atoms with E-state index in [4.69, 9.17) is 16.3 Å². The number of hydrogen-bond donors (Lipinski definition) is 0. The first-order chi connectivity index (χ1) is 8.81. The van der Waals surface area contributed by atoms with Crippen molar-refractivity contribution in [1.82, 2.24) is 4.98 Å². The largest absolute Gasteiger partial charge is 0.364 e. The van der Waals surface area contributed by atoms with Gasteiger partial charge in [0.15, 0.2) is 0 Å². The summed E-state index contributed by atoms with van der Waals surface area (Å²) >= 11 is 5.95. The Kier molecular flexibility index (Phi) is 3.06. The van der Waals surface area contributed by atoms with Gasteiger partial charge in [-0.2, -0.15) is 0 Å². The predicted octanol–water partition coefficient (Wildman–Crippen LogP) is 3.79. The summed E-state index contributed by atoms with van der Waals surface area (Å²) < 4.78 is 6.05. The Morgan fingerprint density at radius 1 is 1.11 bits per heavy atom. The van der Waals surface area contributed by atoms with Crippen molar-refractivity contribution in [2.45, 2.75) is 18.4 Å². The first kappa shape index (κ1) is 11.7. The minimum Gasteiger partial charge on any atom is -0.364 e. The smallest absolute Gasteiger partial charge is 0.135 e. The lowest BCUT2D eigenvalue weighted by Crippen LogP contribution is -2.27. The zero-order valence-corrected chi connectivity index (χ0v) is 10.7. The molecule has 0 aliphatic carbocycles. The minimum absolute atomic E-state index is 0.397. The Bertz CT molecular complexity index is 518. The van der Waals surface area contributed by atoms with Gasteiger partial charge in [0.05, 0.1) is 5.69 Å². The van der Waals surface area contributed by atoms with Crippen molar-refractivity contribution >= 4 is 11.6 Å². The van der Waals surface area contributed by atoms with E-state index in [0.29, 0.717) is 0 Å². The van der Waals surface area contributed by atoms with Crippen molar-refractivity contribution < 1.29 is 4.74 Å². The second-order valence-electron chi connectivity index (χ2n) is 4.50. The molecule has 0 amide bonds. The van der Waals surface area contributed by atoms with Gasteiger partial charge in [0, 0.05) is 17.8 Å². The number of halogens is 1. The molecule has 2 aromatic rings. The lowest BCUT2D eigenvalue weighted by Gasteiger charge is -2.28. The molecule has 0 bridgehead atoms. The highest BCUT2D eigenvalue weighted by atomic mass is 35.5. The summed E-state index contributed by atoms with van der Waals surface area (Å²) in [7, 11) is 0. The van der Waals surface area contributed by atoms with E-state index < -0.39 is 5.60 Å². The van der Waals surface area contributed by atoms with E-state index in [1.807, 2.05) is 48.7 Å². The van der Waals surface area contributed by atoms with Crippen LogP contribution in [0.4, 0.5) is 0 Å². The molecule has 2 heterocycles. The van der Waals surface area contributed by atoms with Gasteiger partial charge in [-0.1, -0.05) is 29.8 Å². The average Bonchev–Trinajstić information content (AvgIpc) is 2.91. The van der Waals surface area contributed by atoms with E-state index in [9.17, 15) is 0 Å². The molecule has 92 valence electrons. The fourth-order valence-corrected chi connectivity index (χ4v) is 2.66. The number of rotatable bonds is 2. The van der Waals surface area contributed by atoms with Crippen molar-refractivity contribution in [3.8, 4) is 0 Å². The molecule has 1 saturated heterocycles. The average molecular weight is 260 g/mol. The fourth-order valence-electron chi connectivity index (χ4n) is 2.54. The van der Waals surface area contributed by atoms with Crippen LogP contribution in [0.2, 0.25) is 5.02 Å². The molecule has 1 aromatic heterocycles. The SMILES string of the molecule is Clc1ccc([C@@]2(c3ccccn3)CCCO2)cc1. The van der Waals surface area contributed by atoms with Crippen LogP contribution < -0.4 is 0 Å². The van der Waals surface area contributed by atoms with Crippen molar-refractivity contribution in [2.75, 3.05) is 6.61 Å². The second kappa shape index (κ2) is 4.71. The summed E-state index contributed by atoms with van der Waals surface area (Å²) in [6, 6.07) is 13.8. The summed E-state index contributed by atoms with van der Waals surface area (Å²) in [5.41, 5.74) is 1.71. The topological polar surface area (TPSA) is 22.1 Å². The number of hydrogen-bond acceptors (Lipinski definition) is 2. The van der Waals surface area contributed by atoms with Gasteiger partial charge in [-0.3, -0.25) is 4.98 Å². The lowest BCUT2D eigenvalue weighted by atomic mass is 9.87. The summed E-state index contributed by atoms with van der Waals surface area (Å²) in [5.74, 6) is 0. The van der Waals surface area contributed by atoms with E-state index in [2.05, 4.69) is 4.98 Å². The molecule has 3 rings (SSSR count). The summed E-state index contributed by atoms with van der Waals surface area (Å²) in [6.45, 7) is 0.777. The van der Waals surface area contributed by atoms with Crippen LogP contribution in [-0.2, 0) is 10.3 Å². The lowest BCUT2D eigenvalue weighted by molar-refractivity contribution is 0.0324. The standard InChI is InChI=1S/C15H14ClNO/c16-13-7-5-12(6-8-13)15(9-3-11-18-15)14-4-1-2-10-17-14/h1-2,4-8,10H,3,9,11H2/t15-/m1/s1. The molecule has 1 aliphatic heterocycles. The van der Waals surface area contributed by atoms with Gasteiger partial charge < -0.3 is 4.74 Å². The van der Waals surface area contributed by atoms with E-state index in [-0.39, 0.29) is 0 Å². The molecule has 1 fully saturated rings. The Hall–Kier alpha value is -1.38. The van der Waals surface area contributed by atoms with E-state index >= 15 is 0 Å². The molecule has 0 unspecified atom stereocenters. The summed E-state index contributed by atoms with van der Waals surface area (Å²) in [5, 5.41) is 0.743. The van der Waals surface area contributed by atoms with E-state index in [1.165, 1.54) is 0 Å². The van der Waals surface area contributed by atoms with Gasteiger partial charge in [-0.15, -0.1) is 0 Å². The Morgan fingerprint density at radius 2 is 1.94 bits per heavy atom. The maximum Gasteiger partial charge on any atom is 0.135 e. The van der Waals surface area contributed by atoms with Gasteiger partial charge in [0.1, 0.15) is 5.60 Å². The number of ether oxygens (including phenoxy) is 1. The van der Waals surface area contributed by atoms with Crippen LogP contribution in [0.15, 0.2) is 48.7 Å². The van der Waals surface area contributed by atoms with Crippen LogP contribution in [-0.4, -0.2) is 11.6 Å². The number of benzene rings is 1. The van der Waals surface area contributed by atoms with Crippen LogP contribution in [0, 0.1) is 0 Å². The number of aromatic nitrogens is 1. The molecule has 0 radical (unpaired) electrons. The van der Waals surface area contributed by atoms with Gasteiger partial charge in [0.2, 0.25) is 0 Å². The monoisotopic (exact) mass is 259 g/mol. The predicted molar refractivity (Wildman–Crippen MR) is 71.7 cm³/mol. The van der Waals surface area contributed by atoms with Crippen LogP contribution in [0.3, 0.4) is 0 Å². The maximum atomic E-state index is 6.05. The third-order valence-corrected chi connectivity index (χ3v) is 3.66. The Balaban J connectivity index is 2.10. The van der Waals surface area contributed by atoms with Crippen LogP contribution in [0.5, 0.6) is 0 Å². The van der Waals surface area contributed by atoms with E-state index in [0.717, 1.165) is 35.7 Å². The molecule has 1 aliphatic rings. The molecule has 18 heavy (non-hydrogen) atoms. The number of pyridine rings is 1. The molecule has 1 atom stereocenters. The molecule has 3 heteroatoms. The first-order valence-corrected chi connectivity index (χ1v) is 6.51. The Morgan fingerprint density at radius 3 is 2.56 bits per heavy atom. The molecule has 0 N–H and O–H groups in total. The van der Waals surface area contributed by atoms with Crippen molar-refractivity contribution in [1.29, 1.82) is 0 Å². The molecule has 1 aromatic carbocycles. The summed E-state index contributed by atoms with van der Waals surface area (Å²) in [4.78, 5) is 4.47. The molecule has 0 spiro atoms. The second-order valence-corrected chi connectivity index (χ2v) is 4.94. The highest BCUT2D eigenvalue weighted by molar-refractivity contribution is 6.30. The van der Waals surface area contributed by atoms with Gasteiger partial charge in [-0.25, -0.2) is 0 Å². The van der Waals surface area contributed by atoms with Crippen molar-refractivity contribution in [2.24, 2.45) is 0 Å². The normalized spacial score (nSPS) is 23.2. The first-order valence-electron chi connectivity index (χ1n) is 6.13. The van der Waals surface area contributed by atoms with Gasteiger partial charge >= 0.3 is 0 Å². The van der Waals surface area contributed by atoms with Crippen LogP contribution in [0.25, 0.3) is 0 Å². The van der Waals surface area contributed by atoms with Crippen molar-refractivity contribution in [3.63, 3.8) is 0 Å². The van der Waals surface area contributed by atoms with Gasteiger partial charge in [0.25, 0.3) is 0 Å². The molecule has 2 nitrogen and oxygen atoms in total. The molecular formula is C15H14ClNO. The highest BCUT2D eigenvalue weighted by Crippen LogP contribution is 2.41. The quantitative estimate of drug-likeness (QED) is 0.819. The third kappa shape index (κ3) is 1.92. The highest BCUT2D eigenvalue weighted by Gasteiger charge is 2.39. The van der Waals surface area contributed by atoms with Crippen molar-refractivity contribution in [3.05, 3.63) is 64.9 Å². The zero-order valence-electron chi connectivity index (χ0n) is 9.97. The van der Waals surface area contributed by atoms with E-state index in [1.54, 1.807) is 0 Å². The van der Waals surface area contributed by atoms with Crippen LogP contribution >= 0.6 is 11.6 Å². The van der Waals surface area contributed by atoms with Crippen LogP contribution in [0.1, 0.15) is 24.1 Å². The molecular weight excluding hydrogens is 246 g/mol. The molecule has 0 saturated carbocycles. The Labute approximate surface area is 112 Å². The van der Waals surface area contributed by atoms with Gasteiger partial charge in [-0.05, 0) is 42.7 Å². The minimum atomic E-state index is -0.397. The summed E-state index contributed by atoms with van der Waals surface area (Å²) in [6.07, 6.45) is 3.83. The fraction of sp³-hybridized carbons (Fsp3) is 0.267. The zero-order chi connectivity index (χ0) is 12.4.